The minimum Gasteiger partial charge on any atom is -0.331 e. The molecule has 7 heteroatoms. The van der Waals surface area contributed by atoms with E-state index >= 15 is 0 Å². The molecule has 110 valence electrons. The molecular formula is C14H16N4OS2. The molecule has 0 aliphatic carbocycles. The lowest BCUT2D eigenvalue weighted by Crippen LogP contribution is -2.22. The van der Waals surface area contributed by atoms with Crippen LogP contribution in [0.25, 0.3) is 10.2 Å². The van der Waals surface area contributed by atoms with E-state index in [9.17, 15) is 4.79 Å². The largest absolute Gasteiger partial charge is 0.331 e. The van der Waals surface area contributed by atoms with Gasteiger partial charge in [-0.1, -0.05) is 0 Å². The number of hydrogen-bond acceptors (Lipinski definition) is 4. The third-order valence-corrected chi connectivity index (χ3v) is 4.67. The standard InChI is InChI=1S/C14H16N4OS2/c1-9-8-10(2)18(16-9)6-3-5-17-13(19)12-11(4-7-21-12)15-14(17)20/h4,7-8H,3,5-6H2,1-2H3,(H,15,20). The third kappa shape index (κ3) is 2.71. The molecule has 0 aromatic carbocycles. The van der Waals surface area contributed by atoms with Gasteiger partial charge in [-0.05, 0) is 50.0 Å². The van der Waals surface area contributed by atoms with Crippen LogP contribution in [0.1, 0.15) is 17.8 Å². The molecule has 0 aliphatic rings. The first kappa shape index (κ1) is 14.2. The van der Waals surface area contributed by atoms with E-state index in [0.717, 1.165) is 34.6 Å². The fraction of sp³-hybridized carbons (Fsp3) is 0.357. The highest BCUT2D eigenvalue weighted by Crippen LogP contribution is 2.14. The van der Waals surface area contributed by atoms with Crippen LogP contribution in [0.2, 0.25) is 0 Å². The molecule has 3 rings (SSSR count). The molecular weight excluding hydrogens is 304 g/mol. The Morgan fingerprint density at radius 2 is 2.19 bits per heavy atom. The van der Waals surface area contributed by atoms with Crippen LogP contribution in [0, 0.1) is 18.6 Å². The minimum absolute atomic E-state index is 0.00267. The van der Waals surface area contributed by atoms with Crippen molar-refractivity contribution < 1.29 is 0 Å². The first-order valence-electron chi connectivity index (χ1n) is 6.77. The number of nitrogens with one attached hydrogen (secondary N) is 1. The van der Waals surface area contributed by atoms with Gasteiger partial charge in [-0.2, -0.15) is 5.10 Å². The third-order valence-electron chi connectivity index (χ3n) is 3.45. The summed E-state index contributed by atoms with van der Waals surface area (Å²) in [7, 11) is 0. The normalized spacial score (nSPS) is 11.3. The number of rotatable bonds is 4. The number of fused-ring (bicyclic) bond motifs is 1. The highest BCUT2D eigenvalue weighted by atomic mass is 32.1. The molecule has 0 atom stereocenters. The second-order valence-electron chi connectivity index (χ2n) is 5.05. The summed E-state index contributed by atoms with van der Waals surface area (Å²) in [5.41, 5.74) is 2.97. The molecule has 3 aromatic heterocycles. The molecule has 0 amide bonds. The Kier molecular flexibility index (Phi) is 3.77. The Morgan fingerprint density at radius 3 is 2.90 bits per heavy atom. The number of aromatic nitrogens is 4. The predicted molar refractivity (Wildman–Crippen MR) is 87.6 cm³/mol. The fourth-order valence-corrected chi connectivity index (χ4v) is 3.54. The zero-order valence-corrected chi connectivity index (χ0v) is 13.6. The lowest BCUT2D eigenvalue weighted by atomic mass is 10.3. The lowest BCUT2D eigenvalue weighted by Gasteiger charge is -2.07. The van der Waals surface area contributed by atoms with Crippen LogP contribution in [-0.4, -0.2) is 19.3 Å². The van der Waals surface area contributed by atoms with Gasteiger partial charge >= 0.3 is 0 Å². The molecule has 3 heterocycles. The Labute approximate surface area is 130 Å². The van der Waals surface area contributed by atoms with E-state index in [-0.39, 0.29) is 5.56 Å². The molecule has 1 N–H and O–H groups in total. The van der Waals surface area contributed by atoms with Crippen LogP contribution in [0.3, 0.4) is 0 Å². The van der Waals surface area contributed by atoms with Crippen molar-refractivity contribution in [2.24, 2.45) is 0 Å². The smallest absolute Gasteiger partial charge is 0.272 e. The molecule has 0 spiro atoms. The summed E-state index contributed by atoms with van der Waals surface area (Å²) in [4.78, 5) is 15.5. The summed E-state index contributed by atoms with van der Waals surface area (Å²) in [5, 5.41) is 6.33. The van der Waals surface area contributed by atoms with Crippen molar-refractivity contribution in [3.63, 3.8) is 0 Å². The van der Waals surface area contributed by atoms with Gasteiger partial charge in [-0.3, -0.25) is 14.0 Å². The molecule has 3 aromatic rings. The average Bonchev–Trinajstić information content (AvgIpc) is 3.00. The maximum atomic E-state index is 12.4. The van der Waals surface area contributed by atoms with E-state index in [2.05, 4.69) is 16.1 Å². The molecule has 0 saturated heterocycles. The monoisotopic (exact) mass is 320 g/mol. The maximum Gasteiger partial charge on any atom is 0.272 e. The topological polar surface area (TPSA) is 55.6 Å². The summed E-state index contributed by atoms with van der Waals surface area (Å²) in [6.07, 6.45) is 0.816. The summed E-state index contributed by atoms with van der Waals surface area (Å²) >= 11 is 6.73. The van der Waals surface area contributed by atoms with Crippen LogP contribution in [0.15, 0.2) is 22.3 Å². The van der Waals surface area contributed by atoms with Gasteiger partial charge in [-0.15, -0.1) is 11.3 Å². The lowest BCUT2D eigenvalue weighted by molar-refractivity contribution is 0.506. The van der Waals surface area contributed by atoms with Crippen molar-refractivity contribution in [2.45, 2.75) is 33.4 Å². The highest BCUT2D eigenvalue weighted by Gasteiger charge is 2.07. The molecule has 21 heavy (non-hydrogen) atoms. The van der Waals surface area contributed by atoms with E-state index in [1.165, 1.54) is 11.3 Å². The fourth-order valence-electron chi connectivity index (χ4n) is 2.45. The minimum atomic E-state index is -0.00267. The number of aryl methyl sites for hydroxylation is 3. The van der Waals surface area contributed by atoms with E-state index in [0.29, 0.717) is 11.3 Å². The second-order valence-corrected chi connectivity index (χ2v) is 6.36. The summed E-state index contributed by atoms with van der Waals surface area (Å²) in [5.74, 6) is 0. The van der Waals surface area contributed by atoms with Crippen LogP contribution in [-0.2, 0) is 13.1 Å². The number of hydrogen-bond donors (Lipinski definition) is 1. The quantitative estimate of drug-likeness (QED) is 0.752. The predicted octanol–water partition coefficient (Wildman–Crippen LogP) is 3.02. The van der Waals surface area contributed by atoms with Crippen LogP contribution >= 0.6 is 23.6 Å². The SMILES string of the molecule is Cc1cc(C)n(CCCn2c(=S)[nH]c3ccsc3c2=O)n1. The van der Waals surface area contributed by atoms with Gasteiger partial charge in [0, 0.05) is 18.8 Å². The molecule has 0 bridgehead atoms. The number of thiophene rings is 1. The van der Waals surface area contributed by atoms with Gasteiger partial charge < -0.3 is 4.98 Å². The van der Waals surface area contributed by atoms with E-state index in [4.69, 9.17) is 12.2 Å². The molecule has 5 nitrogen and oxygen atoms in total. The van der Waals surface area contributed by atoms with Crippen molar-refractivity contribution in [1.82, 2.24) is 19.3 Å². The molecule has 0 radical (unpaired) electrons. The van der Waals surface area contributed by atoms with Crippen molar-refractivity contribution in [1.29, 1.82) is 0 Å². The summed E-state index contributed by atoms with van der Waals surface area (Å²) in [6, 6.07) is 3.94. The molecule has 0 saturated carbocycles. The summed E-state index contributed by atoms with van der Waals surface area (Å²) < 4.78 is 4.82. The molecule has 0 fully saturated rings. The van der Waals surface area contributed by atoms with Crippen molar-refractivity contribution in [2.75, 3.05) is 0 Å². The van der Waals surface area contributed by atoms with Gasteiger partial charge in [0.25, 0.3) is 5.56 Å². The Bertz CT molecular complexity index is 900. The number of H-pyrrole nitrogens is 1. The average molecular weight is 320 g/mol. The van der Waals surface area contributed by atoms with Crippen LogP contribution in [0.5, 0.6) is 0 Å². The van der Waals surface area contributed by atoms with Crippen LogP contribution in [0.4, 0.5) is 0 Å². The Balaban J connectivity index is 1.81. The van der Waals surface area contributed by atoms with Gasteiger partial charge in [0.1, 0.15) is 4.70 Å². The molecule has 0 aliphatic heterocycles. The number of aromatic amines is 1. The van der Waals surface area contributed by atoms with Crippen molar-refractivity contribution >= 4 is 33.8 Å². The van der Waals surface area contributed by atoms with Gasteiger partial charge in [0.2, 0.25) is 0 Å². The van der Waals surface area contributed by atoms with Gasteiger partial charge in [0.15, 0.2) is 4.77 Å². The van der Waals surface area contributed by atoms with Gasteiger partial charge in [0.05, 0.1) is 11.2 Å². The second kappa shape index (κ2) is 5.57. The summed E-state index contributed by atoms with van der Waals surface area (Å²) in [6.45, 7) is 5.40. The van der Waals surface area contributed by atoms with Crippen LogP contribution < -0.4 is 5.56 Å². The van der Waals surface area contributed by atoms with Crippen molar-refractivity contribution in [3.8, 4) is 0 Å². The highest BCUT2D eigenvalue weighted by molar-refractivity contribution is 7.71. The first-order valence-corrected chi connectivity index (χ1v) is 8.06. The number of nitrogens with zero attached hydrogens (tertiary/aromatic N) is 3. The molecule has 0 unspecified atom stereocenters. The van der Waals surface area contributed by atoms with Gasteiger partial charge in [-0.25, -0.2) is 0 Å². The maximum absolute atomic E-state index is 12.4. The van der Waals surface area contributed by atoms with Crippen molar-refractivity contribution in [3.05, 3.63) is 44.0 Å². The Hall–Kier alpha value is -1.73. The van der Waals surface area contributed by atoms with E-state index < -0.39 is 0 Å². The van der Waals surface area contributed by atoms with E-state index in [1.54, 1.807) is 4.57 Å². The Morgan fingerprint density at radius 1 is 1.38 bits per heavy atom. The van der Waals surface area contributed by atoms with E-state index in [1.807, 2.05) is 30.0 Å². The zero-order valence-electron chi connectivity index (χ0n) is 11.9. The zero-order chi connectivity index (χ0) is 15.0. The first-order chi connectivity index (χ1) is 10.1.